The summed E-state index contributed by atoms with van der Waals surface area (Å²) >= 11 is 5.51. The average Bonchev–Trinajstić information content (AvgIpc) is 2.31. The summed E-state index contributed by atoms with van der Waals surface area (Å²) in [7, 11) is 0. The molecule has 82 valence electrons. The van der Waals surface area contributed by atoms with Gasteiger partial charge < -0.3 is 0 Å². The minimum absolute atomic E-state index is 0.249. The van der Waals surface area contributed by atoms with E-state index in [9.17, 15) is 13.2 Å². The maximum absolute atomic E-state index is 11.8. The van der Waals surface area contributed by atoms with E-state index in [0.717, 1.165) is 10.9 Å². The first kappa shape index (κ1) is 13.3. The van der Waals surface area contributed by atoms with Gasteiger partial charge in [0.15, 0.2) is 0 Å². The van der Waals surface area contributed by atoms with E-state index in [1.165, 1.54) is 0 Å². The maximum Gasteiger partial charge on any atom is 0.408 e. The van der Waals surface area contributed by atoms with Crippen molar-refractivity contribution in [2.24, 2.45) is 0 Å². The summed E-state index contributed by atoms with van der Waals surface area (Å²) in [6.07, 6.45) is -3.09. The highest BCUT2D eigenvalue weighted by molar-refractivity contribution is 6.31. The van der Waals surface area contributed by atoms with Gasteiger partial charge in [-0.15, -0.1) is 0 Å². The zero-order valence-electron chi connectivity index (χ0n) is 8.19. The third-order valence-electron chi connectivity index (χ3n) is 1.23. The highest BCUT2D eigenvalue weighted by Crippen LogP contribution is 2.19. The fourth-order valence-corrected chi connectivity index (χ4v) is 0.909. The molecule has 0 amide bonds. The number of aryl methyl sites for hydroxylation is 1. The van der Waals surface area contributed by atoms with Crippen LogP contribution in [0.1, 0.15) is 19.5 Å². The molecule has 0 aliphatic heterocycles. The van der Waals surface area contributed by atoms with Gasteiger partial charge in [-0.3, -0.25) is 4.68 Å². The maximum atomic E-state index is 11.8. The minimum Gasteiger partial charge on any atom is -0.262 e. The lowest BCUT2D eigenvalue weighted by atomic mass is 10.5. The zero-order valence-corrected chi connectivity index (χ0v) is 8.95. The number of halogens is 4. The molecule has 1 aromatic heterocycles. The number of hydrogen-bond donors (Lipinski definition) is 0. The molecule has 0 aliphatic rings. The van der Waals surface area contributed by atoms with E-state index in [-0.39, 0.29) is 5.02 Å². The number of hydrogen-bond acceptors (Lipinski definition) is 1. The normalized spacial score (nSPS) is 10.8. The molecule has 0 saturated heterocycles. The molecule has 2 nitrogen and oxygen atoms in total. The molecule has 6 heteroatoms. The van der Waals surface area contributed by atoms with Crippen molar-refractivity contribution < 1.29 is 13.2 Å². The van der Waals surface area contributed by atoms with Crippen LogP contribution >= 0.6 is 11.6 Å². The molecular formula is C8H12ClF3N2. The van der Waals surface area contributed by atoms with Crippen LogP contribution in [-0.2, 0) is 6.54 Å². The second kappa shape index (κ2) is 5.24. The Morgan fingerprint density at radius 3 is 2.21 bits per heavy atom. The Labute approximate surface area is 85.7 Å². The standard InChI is InChI=1S/C6H6ClF3N2.C2H6/c1-4-5(7)2-12(11-4)3-6(8,9)10;1-2/h2H,3H2,1H3;1-2H3. The van der Waals surface area contributed by atoms with Crippen molar-refractivity contribution in [1.82, 2.24) is 9.78 Å². The third kappa shape index (κ3) is 4.50. The van der Waals surface area contributed by atoms with Crippen LogP contribution in [0.3, 0.4) is 0 Å². The Kier molecular flexibility index (Phi) is 4.97. The van der Waals surface area contributed by atoms with Crippen molar-refractivity contribution in [3.8, 4) is 0 Å². The smallest absolute Gasteiger partial charge is 0.262 e. The molecule has 0 bridgehead atoms. The molecule has 0 unspecified atom stereocenters. The molecule has 1 aromatic rings. The molecule has 0 radical (unpaired) electrons. The summed E-state index contributed by atoms with van der Waals surface area (Å²) in [5, 5.41) is 3.81. The van der Waals surface area contributed by atoms with Gasteiger partial charge in [0.2, 0.25) is 0 Å². The van der Waals surface area contributed by atoms with Gasteiger partial charge >= 0.3 is 6.18 Å². The molecule has 1 heterocycles. The molecule has 1 rings (SSSR count). The van der Waals surface area contributed by atoms with E-state index in [1.54, 1.807) is 6.92 Å². The molecule has 14 heavy (non-hydrogen) atoms. The predicted molar refractivity (Wildman–Crippen MR) is 49.4 cm³/mol. The van der Waals surface area contributed by atoms with Gasteiger partial charge in [0, 0.05) is 6.20 Å². The molecule has 0 fully saturated rings. The van der Waals surface area contributed by atoms with Crippen molar-refractivity contribution in [1.29, 1.82) is 0 Å². The van der Waals surface area contributed by atoms with Gasteiger partial charge in [0.25, 0.3) is 0 Å². The summed E-state index contributed by atoms with van der Waals surface area (Å²) in [4.78, 5) is 0. The quantitative estimate of drug-likeness (QED) is 0.720. The van der Waals surface area contributed by atoms with Crippen LogP contribution in [-0.4, -0.2) is 16.0 Å². The van der Waals surface area contributed by atoms with Crippen LogP contribution in [0.15, 0.2) is 6.20 Å². The van der Waals surface area contributed by atoms with E-state index < -0.39 is 12.7 Å². The SMILES string of the molecule is CC.Cc1nn(CC(F)(F)F)cc1Cl. The topological polar surface area (TPSA) is 17.8 Å². The second-order valence-electron chi connectivity index (χ2n) is 2.38. The molecule has 0 aromatic carbocycles. The number of aromatic nitrogens is 2. The minimum atomic E-state index is -4.25. The number of nitrogens with zero attached hydrogens (tertiary/aromatic N) is 2. The second-order valence-corrected chi connectivity index (χ2v) is 2.78. The molecular weight excluding hydrogens is 217 g/mol. The summed E-state index contributed by atoms with van der Waals surface area (Å²) < 4.78 is 36.1. The van der Waals surface area contributed by atoms with Crippen LogP contribution < -0.4 is 0 Å². The Bertz CT molecular complexity index is 261. The van der Waals surface area contributed by atoms with E-state index in [1.807, 2.05) is 13.8 Å². The van der Waals surface area contributed by atoms with E-state index in [4.69, 9.17) is 11.6 Å². The highest BCUT2D eigenvalue weighted by Gasteiger charge is 2.28. The lowest BCUT2D eigenvalue weighted by Gasteiger charge is -2.04. The van der Waals surface area contributed by atoms with Gasteiger partial charge in [0.1, 0.15) is 6.54 Å². The van der Waals surface area contributed by atoms with Gasteiger partial charge in [-0.25, -0.2) is 0 Å². The van der Waals surface area contributed by atoms with Crippen LogP contribution in [0.25, 0.3) is 0 Å². The van der Waals surface area contributed by atoms with Gasteiger partial charge in [0.05, 0.1) is 10.7 Å². The number of alkyl halides is 3. The zero-order chi connectivity index (χ0) is 11.4. The average molecular weight is 229 g/mol. The van der Waals surface area contributed by atoms with Gasteiger partial charge in [-0.2, -0.15) is 18.3 Å². The third-order valence-corrected chi connectivity index (χ3v) is 1.60. The number of rotatable bonds is 1. The fourth-order valence-electron chi connectivity index (χ4n) is 0.758. The predicted octanol–water partition coefficient (Wildman–Crippen LogP) is 3.43. The molecule has 0 atom stereocenters. The van der Waals surface area contributed by atoms with Crippen LogP contribution in [0.2, 0.25) is 5.02 Å². The lowest BCUT2D eigenvalue weighted by Crippen LogP contribution is -2.17. The first-order valence-corrected chi connectivity index (χ1v) is 4.52. The summed E-state index contributed by atoms with van der Waals surface area (Å²) in [6, 6.07) is 0. The summed E-state index contributed by atoms with van der Waals surface area (Å²) in [6.45, 7) is 4.45. The Morgan fingerprint density at radius 1 is 1.43 bits per heavy atom. The van der Waals surface area contributed by atoms with E-state index in [0.29, 0.717) is 5.69 Å². The van der Waals surface area contributed by atoms with Crippen molar-refractivity contribution in [3.63, 3.8) is 0 Å². The molecule has 0 spiro atoms. The Morgan fingerprint density at radius 2 is 1.93 bits per heavy atom. The van der Waals surface area contributed by atoms with E-state index in [2.05, 4.69) is 5.10 Å². The molecule has 0 N–H and O–H groups in total. The Hall–Kier alpha value is -0.710. The summed E-state index contributed by atoms with van der Waals surface area (Å²) in [5.74, 6) is 0. The summed E-state index contributed by atoms with van der Waals surface area (Å²) in [5.41, 5.74) is 0.404. The Balaban J connectivity index is 0.000000791. The lowest BCUT2D eigenvalue weighted by molar-refractivity contribution is -0.142. The van der Waals surface area contributed by atoms with Crippen LogP contribution in [0.4, 0.5) is 13.2 Å². The van der Waals surface area contributed by atoms with Crippen molar-refractivity contribution in [2.75, 3.05) is 0 Å². The monoisotopic (exact) mass is 228 g/mol. The molecule has 0 saturated carbocycles. The van der Waals surface area contributed by atoms with Crippen LogP contribution in [0.5, 0.6) is 0 Å². The highest BCUT2D eigenvalue weighted by atomic mass is 35.5. The largest absolute Gasteiger partial charge is 0.408 e. The van der Waals surface area contributed by atoms with Gasteiger partial charge in [-0.05, 0) is 6.92 Å². The van der Waals surface area contributed by atoms with Crippen molar-refractivity contribution in [3.05, 3.63) is 16.9 Å². The van der Waals surface area contributed by atoms with Crippen molar-refractivity contribution in [2.45, 2.75) is 33.5 Å². The van der Waals surface area contributed by atoms with E-state index >= 15 is 0 Å². The first-order chi connectivity index (χ1) is 6.38. The first-order valence-electron chi connectivity index (χ1n) is 4.15. The fraction of sp³-hybridized carbons (Fsp3) is 0.625. The van der Waals surface area contributed by atoms with Gasteiger partial charge in [-0.1, -0.05) is 25.4 Å². The molecule has 0 aliphatic carbocycles. The van der Waals surface area contributed by atoms with Crippen molar-refractivity contribution >= 4 is 11.6 Å². The van der Waals surface area contributed by atoms with Crippen LogP contribution in [0, 0.1) is 6.92 Å².